The van der Waals surface area contributed by atoms with E-state index in [9.17, 15) is 0 Å². The zero-order valence-corrected chi connectivity index (χ0v) is 28.5. The molecule has 0 saturated carbocycles. The minimum atomic E-state index is 1.11. The molecule has 10 rings (SSSR count). The third-order valence-corrected chi connectivity index (χ3v) is 10.3. The minimum Gasteiger partial charge on any atom is -0.311 e. The van der Waals surface area contributed by atoms with Gasteiger partial charge in [-0.25, -0.2) is 0 Å². The van der Waals surface area contributed by atoms with Gasteiger partial charge in [0.1, 0.15) is 0 Å². The second kappa shape index (κ2) is 12.5. The molecule has 52 heavy (non-hydrogen) atoms. The molecule has 0 aliphatic carbocycles. The third kappa shape index (κ3) is 5.12. The van der Waals surface area contributed by atoms with E-state index in [-0.39, 0.29) is 0 Å². The van der Waals surface area contributed by atoms with Crippen LogP contribution in [-0.4, -0.2) is 4.57 Å². The van der Waals surface area contributed by atoms with Crippen molar-refractivity contribution in [2.45, 2.75) is 0 Å². The predicted octanol–water partition coefficient (Wildman–Crippen LogP) is 13.8. The summed E-state index contributed by atoms with van der Waals surface area (Å²) in [6.45, 7) is 0. The van der Waals surface area contributed by atoms with E-state index in [1.165, 1.54) is 71.6 Å². The second-order valence-electron chi connectivity index (χ2n) is 13.4. The molecular weight excluding hydrogens is 629 g/mol. The summed E-state index contributed by atoms with van der Waals surface area (Å²) >= 11 is 0. The van der Waals surface area contributed by atoms with Crippen molar-refractivity contribution in [1.82, 2.24) is 4.57 Å². The van der Waals surface area contributed by atoms with Gasteiger partial charge < -0.3 is 9.47 Å². The molecule has 0 amide bonds. The van der Waals surface area contributed by atoms with Crippen LogP contribution in [0.2, 0.25) is 0 Å². The summed E-state index contributed by atoms with van der Waals surface area (Å²) in [6, 6.07) is 74.5. The molecule has 244 valence electrons. The van der Waals surface area contributed by atoms with Crippen LogP contribution >= 0.6 is 0 Å². The lowest BCUT2D eigenvalue weighted by Crippen LogP contribution is -2.09. The Morgan fingerprint density at radius 2 is 0.731 bits per heavy atom. The van der Waals surface area contributed by atoms with Crippen molar-refractivity contribution in [3.8, 4) is 39.1 Å². The maximum Gasteiger partial charge on any atom is 0.0553 e. The highest BCUT2D eigenvalue weighted by molar-refractivity contribution is 6.25. The van der Waals surface area contributed by atoms with E-state index >= 15 is 0 Å². The Morgan fingerprint density at radius 3 is 1.27 bits per heavy atom. The fourth-order valence-electron chi connectivity index (χ4n) is 7.83. The highest BCUT2D eigenvalue weighted by atomic mass is 15.1. The molecule has 0 radical (unpaired) electrons. The van der Waals surface area contributed by atoms with E-state index in [0.29, 0.717) is 0 Å². The largest absolute Gasteiger partial charge is 0.311 e. The van der Waals surface area contributed by atoms with Crippen LogP contribution in [0.4, 0.5) is 17.1 Å². The van der Waals surface area contributed by atoms with Gasteiger partial charge >= 0.3 is 0 Å². The van der Waals surface area contributed by atoms with Gasteiger partial charge in [-0.2, -0.15) is 0 Å². The number of hydrogen-bond acceptors (Lipinski definition) is 1. The Bertz CT molecular complexity index is 2700. The van der Waals surface area contributed by atoms with Gasteiger partial charge in [0, 0.05) is 33.5 Å². The monoisotopic (exact) mass is 662 g/mol. The molecule has 0 N–H and O–H groups in total. The summed E-state index contributed by atoms with van der Waals surface area (Å²) < 4.78 is 2.42. The number of nitrogens with zero attached hydrogens (tertiary/aromatic N) is 2. The first-order chi connectivity index (χ1) is 25.8. The number of hydrogen-bond donors (Lipinski definition) is 0. The van der Waals surface area contributed by atoms with E-state index in [0.717, 1.165) is 17.1 Å². The first-order valence-corrected chi connectivity index (χ1v) is 17.8. The van der Waals surface area contributed by atoms with Crippen LogP contribution in [-0.2, 0) is 0 Å². The summed E-state index contributed by atoms with van der Waals surface area (Å²) in [5.74, 6) is 0. The fraction of sp³-hybridized carbons (Fsp3) is 0. The van der Waals surface area contributed by atoms with Crippen molar-refractivity contribution >= 4 is 49.6 Å². The van der Waals surface area contributed by atoms with Crippen molar-refractivity contribution in [2.75, 3.05) is 4.90 Å². The number of rotatable bonds is 7. The summed E-state index contributed by atoms with van der Waals surface area (Å²) in [5.41, 5.74) is 14.2. The van der Waals surface area contributed by atoms with Crippen molar-refractivity contribution in [2.24, 2.45) is 0 Å². The number of para-hydroxylation sites is 1. The predicted molar refractivity (Wildman–Crippen MR) is 220 cm³/mol. The van der Waals surface area contributed by atoms with Crippen LogP contribution < -0.4 is 4.90 Å². The van der Waals surface area contributed by atoms with Crippen LogP contribution in [0.1, 0.15) is 0 Å². The summed E-state index contributed by atoms with van der Waals surface area (Å²) in [5, 5.41) is 5.18. The Hall–Kier alpha value is -6.90. The molecular formula is C50H34N2. The zero-order valence-electron chi connectivity index (χ0n) is 28.5. The third-order valence-electron chi connectivity index (χ3n) is 10.3. The zero-order chi connectivity index (χ0) is 34.4. The molecule has 0 fully saturated rings. The van der Waals surface area contributed by atoms with E-state index < -0.39 is 0 Å². The Morgan fingerprint density at radius 1 is 0.288 bits per heavy atom. The first-order valence-electron chi connectivity index (χ1n) is 17.8. The van der Waals surface area contributed by atoms with Gasteiger partial charge in [0.2, 0.25) is 0 Å². The lowest BCUT2D eigenvalue weighted by Gasteiger charge is -2.26. The molecule has 1 heterocycles. The lowest BCUT2D eigenvalue weighted by molar-refractivity contribution is 1.18. The summed E-state index contributed by atoms with van der Waals surface area (Å²) in [7, 11) is 0. The van der Waals surface area contributed by atoms with E-state index in [4.69, 9.17) is 0 Å². The van der Waals surface area contributed by atoms with Gasteiger partial charge in [0.15, 0.2) is 0 Å². The van der Waals surface area contributed by atoms with Crippen LogP contribution in [0.15, 0.2) is 206 Å². The fourth-order valence-corrected chi connectivity index (χ4v) is 7.83. The van der Waals surface area contributed by atoms with Gasteiger partial charge in [-0.1, -0.05) is 140 Å². The standard InChI is InChI=1S/C50H34N2/c1-4-11-35(12-5-1)37-21-27-44(28-22-37)51(45-29-23-38(24-30-45)36-13-6-2-7-14-36)46-31-25-39(26-32-46)42-33-41-20-19-40-15-10-18-47-49(40)50(41)48(34-42)52(47)43-16-8-3-9-17-43/h1-34H. The topological polar surface area (TPSA) is 8.17 Å². The number of anilines is 3. The Kier molecular flexibility index (Phi) is 7.18. The maximum absolute atomic E-state index is 2.42. The van der Waals surface area contributed by atoms with Crippen molar-refractivity contribution in [3.63, 3.8) is 0 Å². The highest BCUT2D eigenvalue weighted by Gasteiger charge is 2.19. The van der Waals surface area contributed by atoms with E-state index in [1.807, 2.05) is 0 Å². The van der Waals surface area contributed by atoms with Crippen LogP contribution in [0.5, 0.6) is 0 Å². The highest BCUT2D eigenvalue weighted by Crippen LogP contribution is 2.42. The van der Waals surface area contributed by atoms with Crippen LogP contribution in [0, 0.1) is 0 Å². The lowest BCUT2D eigenvalue weighted by atomic mass is 9.97. The summed E-state index contributed by atoms with van der Waals surface area (Å²) in [6.07, 6.45) is 0. The quantitative estimate of drug-likeness (QED) is 0.154. The van der Waals surface area contributed by atoms with E-state index in [1.54, 1.807) is 0 Å². The Labute approximate surface area is 303 Å². The molecule has 10 aromatic rings. The van der Waals surface area contributed by atoms with Crippen molar-refractivity contribution < 1.29 is 0 Å². The number of aromatic nitrogens is 1. The van der Waals surface area contributed by atoms with Gasteiger partial charge in [-0.3, -0.25) is 0 Å². The summed E-state index contributed by atoms with van der Waals surface area (Å²) in [4.78, 5) is 2.35. The van der Waals surface area contributed by atoms with Crippen LogP contribution in [0.25, 0.3) is 71.6 Å². The van der Waals surface area contributed by atoms with Crippen molar-refractivity contribution in [3.05, 3.63) is 206 Å². The molecule has 0 aliphatic rings. The average Bonchev–Trinajstić information content (AvgIpc) is 3.57. The van der Waals surface area contributed by atoms with Gasteiger partial charge in [-0.05, 0) is 111 Å². The second-order valence-corrected chi connectivity index (χ2v) is 13.4. The Balaban J connectivity index is 1.07. The molecule has 9 aromatic carbocycles. The minimum absolute atomic E-state index is 1.11. The van der Waals surface area contributed by atoms with E-state index in [2.05, 4.69) is 216 Å². The average molecular weight is 663 g/mol. The molecule has 0 aliphatic heterocycles. The smallest absolute Gasteiger partial charge is 0.0553 e. The van der Waals surface area contributed by atoms with Crippen molar-refractivity contribution in [1.29, 1.82) is 0 Å². The molecule has 0 spiro atoms. The van der Waals surface area contributed by atoms with Gasteiger partial charge in [0.05, 0.1) is 11.0 Å². The SMILES string of the molecule is c1ccc(-c2ccc(N(c3ccc(-c4ccccc4)cc3)c3ccc(-c4cc5ccc6cccc7c6c5c(c4)n7-c4ccccc4)cc3)cc2)cc1. The molecule has 0 unspecified atom stereocenters. The molecule has 2 heteroatoms. The van der Waals surface area contributed by atoms with Gasteiger partial charge in [-0.15, -0.1) is 0 Å². The molecule has 0 saturated heterocycles. The maximum atomic E-state index is 2.42. The van der Waals surface area contributed by atoms with Crippen LogP contribution in [0.3, 0.4) is 0 Å². The first kappa shape index (κ1) is 30.0. The normalized spacial score (nSPS) is 11.5. The molecule has 0 bridgehead atoms. The molecule has 2 nitrogen and oxygen atoms in total. The number of benzene rings is 9. The molecule has 0 atom stereocenters. The molecule has 1 aromatic heterocycles. The van der Waals surface area contributed by atoms with Gasteiger partial charge in [0.25, 0.3) is 0 Å².